The number of phenolic OH excluding ortho intramolecular Hbond substituents is 2. The molecule has 4 aromatic rings. The SMILES string of the molecule is COc1ccc(-c2nc(-c3ccc(OC([SiH3])(O[Si](C)(C)C)C(C)(O[Si](C)(C)C)O[Si](C)(C)C)cc3O)nc(-c3ccc(OC([SiH3])(O[Si](C)(C)C)C(C)(O[Si](C)(C)C)O[Si](C)(C)C)cc3O)n2)cc1. The van der Waals surface area contributed by atoms with Gasteiger partial charge in [0.15, 0.2) is 67.4 Å². The van der Waals surface area contributed by atoms with Gasteiger partial charge in [-0.1, -0.05) is 0 Å². The molecule has 3 aromatic carbocycles. The molecule has 0 saturated heterocycles. The number of aromatic hydroxyl groups is 2. The molecule has 2 atom stereocenters. The van der Waals surface area contributed by atoms with Crippen molar-refractivity contribution in [3.8, 4) is 62.9 Å². The molecule has 1 heterocycles. The Balaban J connectivity index is 1.88. The molecule has 0 aliphatic carbocycles. The third kappa shape index (κ3) is 16.1. The normalized spacial score (nSPS) is 15.5. The standard InChI is InChI=1S/C46H81N3O11Si8/c1-43(55-63(4,5)6,56-64(7,8)9)45(61,59-67(16,17)18)53-34-26-28-36(38(50)30-34)41-47-40(32-22-24-33(52-3)25-23-32)48-42(49-41)37-29-27-35(31-39(37)51)54-46(62,60-68(19,20)21)44(2,57-65(10,11)12)58-66(13,14)15/h22-31,50-51H,1-21,61-62H3. The van der Waals surface area contributed by atoms with Gasteiger partial charge in [0.2, 0.25) is 22.4 Å². The van der Waals surface area contributed by atoms with Crippen LogP contribution in [0.2, 0.25) is 118 Å². The van der Waals surface area contributed by atoms with Crippen LogP contribution in [0.15, 0.2) is 60.7 Å². The fraction of sp³-hybridized carbons (Fsp3) is 0.543. The molecule has 1 aromatic heterocycles. The number of aromatic nitrogens is 3. The molecule has 0 bridgehead atoms. The molecule has 0 spiro atoms. The topological polar surface area (TPSA) is 162 Å². The molecule has 2 N–H and O–H groups in total. The number of hydrogen-bond acceptors (Lipinski definition) is 14. The van der Waals surface area contributed by atoms with E-state index >= 15 is 0 Å². The fourth-order valence-electron chi connectivity index (χ4n) is 7.79. The first kappa shape index (κ1) is 57.7. The highest BCUT2D eigenvalue weighted by molar-refractivity contribution is 6.72. The van der Waals surface area contributed by atoms with Crippen molar-refractivity contribution in [2.24, 2.45) is 0 Å². The Hall–Kier alpha value is -2.83. The molecule has 2 unspecified atom stereocenters. The van der Waals surface area contributed by atoms with E-state index in [1.165, 1.54) is 12.1 Å². The van der Waals surface area contributed by atoms with Crippen molar-refractivity contribution >= 4 is 70.4 Å². The lowest BCUT2D eigenvalue weighted by atomic mass is 10.1. The van der Waals surface area contributed by atoms with Gasteiger partial charge in [0.25, 0.3) is 0 Å². The quantitative estimate of drug-likeness (QED) is 0.0565. The van der Waals surface area contributed by atoms with Gasteiger partial charge in [0.05, 0.1) is 38.7 Å². The van der Waals surface area contributed by atoms with Crippen molar-refractivity contribution in [3.05, 3.63) is 60.7 Å². The Labute approximate surface area is 418 Å². The molecular formula is C46H81N3O11Si8. The van der Waals surface area contributed by atoms with Crippen molar-refractivity contribution in [2.45, 2.75) is 154 Å². The van der Waals surface area contributed by atoms with Gasteiger partial charge in [-0.2, -0.15) is 0 Å². The molecular weight excluding hydrogens is 995 g/mol. The van der Waals surface area contributed by atoms with Gasteiger partial charge in [-0.15, -0.1) is 0 Å². The molecule has 0 aliphatic heterocycles. The summed E-state index contributed by atoms with van der Waals surface area (Å²) in [6, 6.07) is 17.3. The Morgan fingerprint density at radius 1 is 0.412 bits per heavy atom. The van der Waals surface area contributed by atoms with Gasteiger partial charge in [-0.3, -0.25) is 0 Å². The summed E-state index contributed by atoms with van der Waals surface area (Å²) in [7, 11) is -11.1. The summed E-state index contributed by atoms with van der Waals surface area (Å²) in [6.07, 6.45) is 0. The summed E-state index contributed by atoms with van der Waals surface area (Å²) in [6.45, 7) is 41.9. The molecule has 4 rings (SSSR count). The summed E-state index contributed by atoms with van der Waals surface area (Å²) in [4.78, 5) is 14.6. The molecule has 0 amide bonds. The Morgan fingerprint density at radius 3 is 0.956 bits per heavy atom. The van der Waals surface area contributed by atoms with Crippen LogP contribution in [0, 0.1) is 0 Å². The summed E-state index contributed by atoms with van der Waals surface area (Å²) in [5.74, 6) is -0.722. The maximum absolute atomic E-state index is 11.9. The van der Waals surface area contributed by atoms with Gasteiger partial charge in [0.1, 0.15) is 28.7 Å². The zero-order valence-corrected chi connectivity index (χ0v) is 55.2. The average molecular weight is 1080 g/mol. The minimum absolute atomic E-state index is 0.140. The van der Waals surface area contributed by atoms with Crippen molar-refractivity contribution in [3.63, 3.8) is 0 Å². The van der Waals surface area contributed by atoms with E-state index in [2.05, 4.69) is 118 Å². The summed E-state index contributed by atoms with van der Waals surface area (Å²) in [5.41, 5.74) is -1.26. The minimum atomic E-state index is -2.28. The van der Waals surface area contributed by atoms with Crippen molar-refractivity contribution in [1.82, 2.24) is 15.0 Å². The van der Waals surface area contributed by atoms with Crippen LogP contribution in [0.25, 0.3) is 34.2 Å². The first-order valence-corrected chi connectivity index (χ1v) is 45.7. The highest BCUT2D eigenvalue weighted by atomic mass is 28.4. The zero-order valence-electron chi connectivity index (χ0n) is 45.2. The fourth-order valence-corrected chi connectivity index (χ4v) is 21.7. The van der Waals surface area contributed by atoms with Crippen LogP contribution in [-0.2, 0) is 26.6 Å². The van der Waals surface area contributed by atoms with Gasteiger partial charge >= 0.3 is 0 Å². The third-order valence-electron chi connectivity index (χ3n) is 9.68. The highest BCUT2D eigenvalue weighted by Crippen LogP contribution is 2.43. The lowest BCUT2D eigenvalue weighted by molar-refractivity contribution is -0.265. The maximum Gasteiger partial charge on any atom is 0.222 e. The van der Waals surface area contributed by atoms with Crippen LogP contribution < -0.4 is 14.2 Å². The highest BCUT2D eigenvalue weighted by Gasteiger charge is 2.57. The van der Waals surface area contributed by atoms with Crippen molar-refractivity contribution in [1.29, 1.82) is 0 Å². The van der Waals surface area contributed by atoms with E-state index in [9.17, 15) is 10.2 Å². The Morgan fingerprint density at radius 2 is 0.691 bits per heavy atom. The van der Waals surface area contributed by atoms with Crippen LogP contribution in [0.5, 0.6) is 28.7 Å². The first-order chi connectivity index (χ1) is 30.6. The minimum Gasteiger partial charge on any atom is -0.507 e. The number of benzene rings is 3. The number of methoxy groups -OCH3 is 1. The molecule has 0 aliphatic rings. The number of hydrogen-bond donors (Lipinski definition) is 2. The maximum atomic E-state index is 11.9. The van der Waals surface area contributed by atoms with Crippen LogP contribution in [0.3, 0.4) is 0 Å². The van der Waals surface area contributed by atoms with Gasteiger partial charge in [-0.25, -0.2) is 15.0 Å². The van der Waals surface area contributed by atoms with Crippen LogP contribution in [0.1, 0.15) is 13.8 Å². The van der Waals surface area contributed by atoms with Crippen LogP contribution in [-0.4, -0.2) is 125 Å². The Kier molecular flexibility index (Phi) is 17.3. The molecule has 68 heavy (non-hydrogen) atoms. The number of ether oxygens (including phenoxy) is 3. The molecule has 0 saturated carbocycles. The molecule has 0 fully saturated rings. The smallest absolute Gasteiger partial charge is 0.222 e. The Bertz CT molecular complexity index is 2210. The van der Waals surface area contributed by atoms with E-state index in [0.717, 1.165) is 0 Å². The molecule has 378 valence electrons. The van der Waals surface area contributed by atoms with E-state index in [0.29, 0.717) is 60.2 Å². The number of rotatable bonds is 22. The van der Waals surface area contributed by atoms with Crippen LogP contribution >= 0.6 is 0 Å². The van der Waals surface area contributed by atoms with Crippen molar-refractivity contribution in [2.75, 3.05) is 7.11 Å². The predicted octanol–water partition coefficient (Wildman–Crippen LogP) is 9.63. The molecule has 22 heteroatoms. The molecule has 14 nitrogen and oxygen atoms in total. The van der Waals surface area contributed by atoms with Crippen LogP contribution in [0.4, 0.5) is 0 Å². The summed E-state index contributed by atoms with van der Waals surface area (Å²) in [5, 5.41) is 23.7. The van der Waals surface area contributed by atoms with E-state index in [1.54, 1.807) is 31.4 Å². The second-order valence-corrected chi connectivity index (χ2v) is 52.9. The van der Waals surface area contributed by atoms with Crippen molar-refractivity contribution < 1.29 is 51.0 Å². The lowest BCUT2D eigenvalue weighted by Gasteiger charge is -2.52. The largest absolute Gasteiger partial charge is 0.507 e. The molecule has 0 radical (unpaired) electrons. The van der Waals surface area contributed by atoms with E-state index in [-0.39, 0.29) is 23.1 Å². The number of nitrogens with zero attached hydrogens (tertiary/aromatic N) is 3. The zero-order chi connectivity index (χ0) is 51.9. The number of phenols is 2. The summed E-state index contributed by atoms with van der Waals surface area (Å²) < 4.78 is 60.4. The van der Waals surface area contributed by atoms with E-state index in [1.807, 2.05) is 38.1 Å². The monoisotopic (exact) mass is 1080 g/mol. The van der Waals surface area contributed by atoms with E-state index in [4.69, 9.17) is 55.7 Å². The first-order valence-electron chi connectivity index (χ1n) is 23.2. The second-order valence-electron chi connectivity index (χ2n) is 23.7. The van der Waals surface area contributed by atoms with Gasteiger partial charge in [0, 0.05) is 17.7 Å². The summed E-state index contributed by atoms with van der Waals surface area (Å²) >= 11 is 0. The van der Waals surface area contributed by atoms with Gasteiger partial charge < -0.3 is 51.0 Å². The second kappa shape index (κ2) is 20.3. The predicted molar refractivity (Wildman–Crippen MR) is 296 cm³/mol. The lowest BCUT2D eigenvalue weighted by Crippen LogP contribution is -2.68. The third-order valence-corrected chi connectivity index (χ3v) is 19.1. The van der Waals surface area contributed by atoms with E-state index < -0.39 is 72.3 Å². The average Bonchev–Trinajstić information content (AvgIpc) is 3.10. The van der Waals surface area contributed by atoms with Gasteiger partial charge in [-0.05, 0) is 180 Å².